The van der Waals surface area contributed by atoms with Crippen molar-refractivity contribution in [3.05, 3.63) is 71.3 Å². The van der Waals surface area contributed by atoms with Gasteiger partial charge >= 0.3 is 5.97 Å². The zero-order valence-electron chi connectivity index (χ0n) is 17.1. The molecule has 3 unspecified atom stereocenters. The molecule has 2 saturated heterocycles. The molecule has 0 aromatic heterocycles. The molecule has 3 atom stereocenters. The van der Waals surface area contributed by atoms with Crippen molar-refractivity contribution in [3.63, 3.8) is 0 Å². The summed E-state index contributed by atoms with van der Waals surface area (Å²) in [6, 6.07) is 19.2. The van der Waals surface area contributed by atoms with Crippen LogP contribution in [0.25, 0.3) is 0 Å². The fraction of sp³-hybridized carbons (Fsp3) is 0.458. The largest absolute Gasteiger partial charge is 0.465 e. The van der Waals surface area contributed by atoms with E-state index < -0.39 is 0 Å². The normalized spacial score (nSPS) is 25.1. The number of ether oxygens (including phenoxy) is 1. The molecular weight excluding hydrogens is 362 g/mol. The summed E-state index contributed by atoms with van der Waals surface area (Å²) in [6.07, 6.45) is 3.64. The predicted molar refractivity (Wildman–Crippen MR) is 114 cm³/mol. The first kappa shape index (κ1) is 20.1. The summed E-state index contributed by atoms with van der Waals surface area (Å²) in [5.74, 6) is 1.00. The summed E-state index contributed by atoms with van der Waals surface area (Å²) in [5, 5.41) is 0. The molecule has 0 aliphatic carbocycles. The van der Waals surface area contributed by atoms with Gasteiger partial charge in [0.1, 0.15) is 0 Å². The van der Waals surface area contributed by atoms with Crippen molar-refractivity contribution >= 4 is 5.97 Å². The third-order valence-corrected chi connectivity index (χ3v) is 6.31. The van der Waals surface area contributed by atoms with E-state index in [9.17, 15) is 4.79 Å². The second-order valence-electron chi connectivity index (χ2n) is 8.33. The summed E-state index contributed by atoms with van der Waals surface area (Å²) in [7, 11) is 1.42. The Bertz CT molecular complexity index is 794. The highest BCUT2D eigenvalue weighted by Crippen LogP contribution is 2.28. The maximum atomic E-state index is 11.6. The summed E-state index contributed by atoms with van der Waals surface area (Å²) in [6.45, 7) is 4.22. The number of carbonyl (C=O) groups excluding carboxylic acids is 1. The molecule has 2 heterocycles. The molecule has 2 aliphatic heterocycles. The third-order valence-electron chi connectivity index (χ3n) is 6.31. The Kier molecular flexibility index (Phi) is 6.60. The molecule has 0 amide bonds. The number of carbonyl (C=O) groups is 1. The molecule has 0 bridgehead atoms. The average Bonchev–Trinajstić information content (AvgIpc) is 3.23. The van der Waals surface area contributed by atoms with Crippen LogP contribution in [-0.4, -0.2) is 43.7 Å². The Morgan fingerprint density at radius 3 is 2.66 bits per heavy atom. The van der Waals surface area contributed by atoms with Crippen LogP contribution in [0.2, 0.25) is 0 Å². The van der Waals surface area contributed by atoms with E-state index in [2.05, 4.69) is 46.1 Å². The smallest absolute Gasteiger partial charge is 0.337 e. The molecular formula is C24H31N3O2. The number of hydrogen-bond acceptors (Lipinski definition) is 5. The Hall–Kier alpha value is -2.21. The number of nitrogens with zero attached hydrogens (tertiary/aromatic N) is 1. The summed E-state index contributed by atoms with van der Waals surface area (Å²) in [4.78, 5) is 14.2. The average molecular weight is 394 g/mol. The van der Waals surface area contributed by atoms with Gasteiger partial charge in [-0.3, -0.25) is 15.8 Å². The monoisotopic (exact) mass is 393 g/mol. The van der Waals surface area contributed by atoms with E-state index in [4.69, 9.17) is 4.74 Å². The van der Waals surface area contributed by atoms with E-state index in [1.807, 2.05) is 24.3 Å². The van der Waals surface area contributed by atoms with Crippen LogP contribution in [0.5, 0.6) is 0 Å². The summed E-state index contributed by atoms with van der Waals surface area (Å²) in [5.41, 5.74) is 10.3. The van der Waals surface area contributed by atoms with Gasteiger partial charge in [0.2, 0.25) is 0 Å². The molecule has 2 aromatic carbocycles. The zero-order valence-corrected chi connectivity index (χ0v) is 17.1. The van der Waals surface area contributed by atoms with Crippen molar-refractivity contribution in [1.82, 2.24) is 15.8 Å². The number of nitrogens with one attached hydrogen (secondary N) is 2. The maximum absolute atomic E-state index is 11.6. The van der Waals surface area contributed by atoms with Gasteiger partial charge in [-0.05, 0) is 60.9 Å². The quantitative estimate of drug-likeness (QED) is 0.739. The highest BCUT2D eigenvalue weighted by atomic mass is 16.5. The first-order valence-corrected chi connectivity index (χ1v) is 10.6. The van der Waals surface area contributed by atoms with Crippen molar-refractivity contribution in [1.29, 1.82) is 0 Å². The van der Waals surface area contributed by atoms with E-state index in [1.54, 1.807) is 0 Å². The lowest BCUT2D eigenvalue weighted by molar-refractivity contribution is 0.0600. The maximum Gasteiger partial charge on any atom is 0.337 e. The number of methoxy groups -OCH3 is 1. The Labute approximate surface area is 173 Å². The molecule has 0 saturated carbocycles. The van der Waals surface area contributed by atoms with E-state index in [1.165, 1.54) is 31.1 Å². The lowest BCUT2D eigenvalue weighted by atomic mass is 9.81. The van der Waals surface area contributed by atoms with Crippen LogP contribution in [0, 0.1) is 11.8 Å². The number of rotatable bonds is 6. The SMILES string of the molecule is COC(=O)c1ccc(CN2CCCC(C3NNCC3Cc3ccccc3)C2)cc1. The van der Waals surface area contributed by atoms with Gasteiger partial charge in [-0.2, -0.15) is 0 Å². The molecule has 5 nitrogen and oxygen atoms in total. The van der Waals surface area contributed by atoms with Crippen LogP contribution in [0.4, 0.5) is 0 Å². The molecule has 0 radical (unpaired) electrons. The molecule has 2 aliphatic rings. The standard InChI is InChI=1S/C24H31N3O2/c1-29-24(28)20-11-9-19(10-12-20)16-27-13-5-8-21(17-27)23-22(15-25-26-23)14-18-6-3-2-4-7-18/h2-4,6-7,9-12,21-23,25-26H,5,8,13-17H2,1H3. The second kappa shape index (κ2) is 9.53. The van der Waals surface area contributed by atoms with Crippen molar-refractivity contribution in [2.75, 3.05) is 26.7 Å². The van der Waals surface area contributed by atoms with Gasteiger partial charge in [0.05, 0.1) is 12.7 Å². The molecule has 154 valence electrons. The summed E-state index contributed by atoms with van der Waals surface area (Å²) >= 11 is 0. The lowest BCUT2D eigenvalue weighted by Gasteiger charge is -2.37. The zero-order chi connectivity index (χ0) is 20.1. The molecule has 2 N–H and O–H groups in total. The molecule has 4 rings (SSSR count). The number of benzene rings is 2. The second-order valence-corrected chi connectivity index (χ2v) is 8.33. The van der Waals surface area contributed by atoms with Gasteiger partial charge in [-0.1, -0.05) is 42.5 Å². The fourth-order valence-corrected chi connectivity index (χ4v) is 4.82. The van der Waals surface area contributed by atoms with Crippen LogP contribution in [-0.2, 0) is 17.7 Å². The van der Waals surface area contributed by atoms with E-state index >= 15 is 0 Å². The van der Waals surface area contributed by atoms with Gasteiger partial charge < -0.3 is 4.74 Å². The minimum absolute atomic E-state index is 0.279. The lowest BCUT2D eigenvalue weighted by Crippen LogP contribution is -2.47. The van der Waals surface area contributed by atoms with Gasteiger partial charge in [0, 0.05) is 25.7 Å². The van der Waals surface area contributed by atoms with Gasteiger partial charge in [-0.25, -0.2) is 4.79 Å². The minimum Gasteiger partial charge on any atom is -0.465 e. The number of likely N-dealkylation sites (tertiary alicyclic amines) is 1. The summed E-state index contributed by atoms with van der Waals surface area (Å²) < 4.78 is 4.79. The van der Waals surface area contributed by atoms with E-state index in [0.29, 0.717) is 23.4 Å². The van der Waals surface area contributed by atoms with E-state index in [-0.39, 0.29) is 5.97 Å². The highest BCUT2D eigenvalue weighted by molar-refractivity contribution is 5.89. The minimum atomic E-state index is -0.279. The Balaban J connectivity index is 1.35. The number of piperidine rings is 1. The van der Waals surface area contributed by atoms with Crippen molar-refractivity contribution in [2.24, 2.45) is 11.8 Å². The van der Waals surface area contributed by atoms with Gasteiger partial charge in [0.25, 0.3) is 0 Å². The molecule has 2 aromatic rings. The molecule has 0 spiro atoms. The first-order chi connectivity index (χ1) is 14.2. The van der Waals surface area contributed by atoms with Crippen LogP contribution in [0.15, 0.2) is 54.6 Å². The topological polar surface area (TPSA) is 53.6 Å². The molecule has 5 heteroatoms. The predicted octanol–water partition coefficient (Wildman–Crippen LogP) is 3.02. The van der Waals surface area contributed by atoms with Crippen LogP contribution in [0.3, 0.4) is 0 Å². The van der Waals surface area contributed by atoms with E-state index in [0.717, 1.165) is 32.6 Å². The first-order valence-electron chi connectivity index (χ1n) is 10.6. The third kappa shape index (κ3) is 5.04. The number of hydrogen-bond donors (Lipinski definition) is 2. The van der Waals surface area contributed by atoms with Crippen molar-refractivity contribution < 1.29 is 9.53 Å². The fourth-order valence-electron chi connectivity index (χ4n) is 4.82. The van der Waals surface area contributed by atoms with Crippen molar-refractivity contribution in [2.45, 2.75) is 31.8 Å². The molecule has 2 fully saturated rings. The number of hydrazine groups is 1. The van der Waals surface area contributed by atoms with Gasteiger partial charge in [0.15, 0.2) is 0 Å². The van der Waals surface area contributed by atoms with Gasteiger partial charge in [-0.15, -0.1) is 0 Å². The van der Waals surface area contributed by atoms with Crippen LogP contribution >= 0.6 is 0 Å². The Morgan fingerprint density at radius 2 is 1.90 bits per heavy atom. The molecule has 29 heavy (non-hydrogen) atoms. The Morgan fingerprint density at radius 1 is 1.10 bits per heavy atom. The highest BCUT2D eigenvalue weighted by Gasteiger charge is 2.35. The van der Waals surface area contributed by atoms with Crippen molar-refractivity contribution in [3.8, 4) is 0 Å². The van der Waals surface area contributed by atoms with Crippen LogP contribution in [0.1, 0.15) is 34.3 Å². The number of esters is 1. The van der Waals surface area contributed by atoms with Crippen LogP contribution < -0.4 is 10.9 Å².